The minimum Gasteiger partial charge on any atom is -0.491 e. The van der Waals surface area contributed by atoms with Gasteiger partial charge in [-0.1, -0.05) is 12.1 Å². The maximum atomic E-state index is 12.1. The van der Waals surface area contributed by atoms with Gasteiger partial charge >= 0.3 is 0 Å². The van der Waals surface area contributed by atoms with Gasteiger partial charge in [-0.25, -0.2) is 0 Å². The maximum absolute atomic E-state index is 12.1. The molecule has 1 aliphatic rings. The van der Waals surface area contributed by atoms with E-state index in [0.717, 1.165) is 11.3 Å². The van der Waals surface area contributed by atoms with Gasteiger partial charge in [0.15, 0.2) is 11.5 Å². The number of nitrogens with one attached hydrogen (secondary N) is 1. The number of carbonyl (C=O) groups is 1. The minimum absolute atomic E-state index is 0.0820. The number of hydrogen-bond donors (Lipinski definition) is 1. The normalized spacial score (nSPS) is 12.3. The van der Waals surface area contributed by atoms with Gasteiger partial charge in [0.25, 0.3) is 0 Å². The highest BCUT2D eigenvalue weighted by Gasteiger charge is 2.14. The van der Waals surface area contributed by atoms with Crippen LogP contribution in [-0.2, 0) is 11.2 Å². The van der Waals surface area contributed by atoms with Crippen LogP contribution in [0.15, 0.2) is 42.5 Å². The summed E-state index contributed by atoms with van der Waals surface area (Å²) in [7, 11) is 0. The molecule has 0 saturated heterocycles. The zero-order chi connectivity index (χ0) is 16.2. The highest BCUT2D eigenvalue weighted by Crippen LogP contribution is 2.34. The zero-order valence-corrected chi connectivity index (χ0v) is 13.2. The van der Waals surface area contributed by atoms with E-state index in [-0.39, 0.29) is 18.8 Å². The molecule has 3 rings (SSSR count). The number of benzene rings is 2. The van der Waals surface area contributed by atoms with Gasteiger partial charge < -0.3 is 19.5 Å². The number of fused-ring (bicyclic) bond motifs is 1. The third-order valence-corrected chi connectivity index (χ3v) is 3.32. The third-order valence-electron chi connectivity index (χ3n) is 3.32. The van der Waals surface area contributed by atoms with Crippen LogP contribution in [0.25, 0.3) is 0 Å². The molecular weight excluding hydrogens is 294 g/mol. The van der Waals surface area contributed by atoms with E-state index in [4.69, 9.17) is 14.2 Å². The van der Waals surface area contributed by atoms with Crippen LogP contribution in [0.1, 0.15) is 19.4 Å². The molecular formula is C18H19NO4. The monoisotopic (exact) mass is 313 g/mol. The Labute approximate surface area is 135 Å². The number of ether oxygens (including phenoxy) is 3. The van der Waals surface area contributed by atoms with E-state index in [1.807, 2.05) is 38.1 Å². The van der Waals surface area contributed by atoms with Crippen LogP contribution in [0.2, 0.25) is 0 Å². The van der Waals surface area contributed by atoms with Crippen LogP contribution < -0.4 is 19.5 Å². The average molecular weight is 313 g/mol. The van der Waals surface area contributed by atoms with Crippen molar-refractivity contribution in [2.45, 2.75) is 26.4 Å². The van der Waals surface area contributed by atoms with Crippen LogP contribution in [0.3, 0.4) is 0 Å². The van der Waals surface area contributed by atoms with Crippen molar-refractivity contribution >= 4 is 11.6 Å². The molecule has 0 unspecified atom stereocenters. The van der Waals surface area contributed by atoms with Crippen molar-refractivity contribution < 1.29 is 19.0 Å². The molecule has 0 fully saturated rings. The quantitative estimate of drug-likeness (QED) is 0.919. The predicted molar refractivity (Wildman–Crippen MR) is 87.1 cm³/mol. The maximum Gasteiger partial charge on any atom is 0.231 e. The van der Waals surface area contributed by atoms with E-state index in [9.17, 15) is 4.79 Å². The van der Waals surface area contributed by atoms with E-state index in [1.54, 1.807) is 18.2 Å². The van der Waals surface area contributed by atoms with E-state index < -0.39 is 0 Å². The second kappa shape index (κ2) is 6.60. The first-order chi connectivity index (χ1) is 11.1. The van der Waals surface area contributed by atoms with Gasteiger partial charge in [-0.15, -0.1) is 0 Å². The Balaban J connectivity index is 1.58. The summed E-state index contributed by atoms with van der Waals surface area (Å²) < 4.78 is 16.1. The Morgan fingerprint density at radius 3 is 2.61 bits per heavy atom. The smallest absolute Gasteiger partial charge is 0.231 e. The van der Waals surface area contributed by atoms with E-state index in [2.05, 4.69) is 5.32 Å². The molecule has 0 aromatic heterocycles. The molecule has 5 nitrogen and oxygen atoms in total. The Kier molecular flexibility index (Phi) is 4.37. The summed E-state index contributed by atoms with van der Waals surface area (Å²) >= 11 is 0. The average Bonchev–Trinajstić information content (AvgIpc) is 2.96. The summed E-state index contributed by atoms with van der Waals surface area (Å²) in [4.78, 5) is 12.1. The van der Waals surface area contributed by atoms with Gasteiger partial charge in [-0.2, -0.15) is 0 Å². The molecule has 0 aliphatic carbocycles. The number of hydrogen-bond acceptors (Lipinski definition) is 4. The van der Waals surface area contributed by atoms with E-state index in [0.29, 0.717) is 23.6 Å². The number of anilines is 1. The predicted octanol–water partition coefficient (Wildman–Crippen LogP) is 3.38. The summed E-state index contributed by atoms with van der Waals surface area (Å²) in [6, 6.07) is 12.9. The van der Waals surface area contributed by atoms with Crippen molar-refractivity contribution in [3.05, 3.63) is 48.0 Å². The SMILES string of the molecule is CC(C)Oc1ccc(CC(=O)Nc2ccc3c(c2)OCO3)cc1. The van der Waals surface area contributed by atoms with E-state index in [1.165, 1.54) is 0 Å². The van der Waals surface area contributed by atoms with Gasteiger partial charge in [0.05, 0.1) is 12.5 Å². The number of amides is 1. The fourth-order valence-corrected chi connectivity index (χ4v) is 2.32. The summed E-state index contributed by atoms with van der Waals surface area (Å²) in [6.07, 6.45) is 0.436. The standard InChI is InChI=1S/C18H19NO4/c1-12(2)23-15-6-3-13(4-7-15)9-18(20)19-14-5-8-16-17(10-14)22-11-21-16/h3-8,10,12H,9,11H2,1-2H3,(H,19,20). The van der Waals surface area contributed by atoms with Crippen molar-refractivity contribution in [1.29, 1.82) is 0 Å². The molecule has 120 valence electrons. The molecule has 1 amide bonds. The van der Waals surface area contributed by atoms with E-state index >= 15 is 0 Å². The molecule has 0 spiro atoms. The molecule has 0 atom stereocenters. The minimum atomic E-state index is -0.0820. The Hall–Kier alpha value is -2.69. The van der Waals surface area contributed by atoms with Gasteiger partial charge in [-0.05, 0) is 43.7 Å². The summed E-state index contributed by atoms with van der Waals surface area (Å²) in [6.45, 7) is 4.18. The molecule has 0 saturated carbocycles. The van der Waals surface area contributed by atoms with Crippen LogP contribution >= 0.6 is 0 Å². The van der Waals surface area contributed by atoms with Crippen molar-refractivity contribution in [3.8, 4) is 17.2 Å². The van der Waals surface area contributed by atoms with Crippen LogP contribution in [0.4, 0.5) is 5.69 Å². The molecule has 23 heavy (non-hydrogen) atoms. The van der Waals surface area contributed by atoms with Crippen LogP contribution in [0.5, 0.6) is 17.2 Å². The summed E-state index contributed by atoms with van der Waals surface area (Å²) in [5.74, 6) is 2.07. The molecule has 0 radical (unpaired) electrons. The number of rotatable bonds is 5. The molecule has 2 aromatic rings. The van der Waals surface area contributed by atoms with Gasteiger partial charge in [-0.3, -0.25) is 4.79 Å². The molecule has 1 heterocycles. The van der Waals surface area contributed by atoms with Crippen molar-refractivity contribution in [3.63, 3.8) is 0 Å². The molecule has 5 heteroatoms. The first-order valence-corrected chi connectivity index (χ1v) is 7.55. The van der Waals surface area contributed by atoms with Gasteiger partial charge in [0.1, 0.15) is 5.75 Å². The van der Waals surface area contributed by atoms with Crippen LogP contribution in [0, 0.1) is 0 Å². The molecule has 1 aliphatic heterocycles. The fourth-order valence-electron chi connectivity index (χ4n) is 2.32. The van der Waals surface area contributed by atoms with Crippen LogP contribution in [-0.4, -0.2) is 18.8 Å². The second-order valence-corrected chi connectivity index (χ2v) is 5.60. The Bertz CT molecular complexity index is 695. The van der Waals surface area contributed by atoms with Crippen molar-refractivity contribution in [1.82, 2.24) is 0 Å². The lowest BCUT2D eigenvalue weighted by Crippen LogP contribution is -2.14. The highest BCUT2D eigenvalue weighted by molar-refractivity contribution is 5.92. The summed E-state index contributed by atoms with van der Waals surface area (Å²) in [5, 5.41) is 2.86. The zero-order valence-electron chi connectivity index (χ0n) is 13.2. The largest absolute Gasteiger partial charge is 0.491 e. The lowest BCUT2D eigenvalue weighted by molar-refractivity contribution is -0.115. The Morgan fingerprint density at radius 1 is 1.13 bits per heavy atom. The summed E-state index contributed by atoms with van der Waals surface area (Å²) in [5.41, 5.74) is 1.62. The van der Waals surface area contributed by atoms with Crippen molar-refractivity contribution in [2.75, 3.05) is 12.1 Å². The fraction of sp³-hybridized carbons (Fsp3) is 0.278. The van der Waals surface area contributed by atoms with Crippen molar-refractivity contribution in [2.24, 2.45) is 0 Å². The lowest BCUT2D eigenvalue weighted by Gasteiger charge is -2.10. The lowest BCUT2D eigenvalue weighted by atomic mass is 10.1. The topological polar surface area (TPSA) is 56.8 Å². The molecule has 2 aromatic carbocycles. The highest BCUT2D eigenvalue weighted by atomic mass is 16.7. The molecule has 0 bridgehead atoms. The van der Waals surface area contributed by atoms with Gasteiger partial charge in [0, 0.05) is 11.8 Å². The Morgan fingerprint density at radius 2 is 1.87 bits per heavy atom. The molecule has 1 N–H and O–H groups in total. The van der Waals surface area contributed by atoms with Gasteiger partial charge in [0.2, 0.25) is 12.7 Å². The second-order valence-electron chi connectivity index (χ2n) is 5.60. The third kappa shape index (κ3) is 3.94. The first-order valence-electron chi connectivity index (χ1n) is 7.55. The number of carbonyl (C=O) groups excluding carboxylic acids is 1. The first kappa shape index (κ1) is 15.2.